The van der Waals surface area contributed by atoms with Crippen LogP contribution in [0.2, 0.25) is 0 Å². The second kappa shape index (κ2) is 8.87. The molecular formula is C20H23NO4. The van der Waals surface area contributed by atoms with Crippen molar-refractivity contribution in [1.29, 1.82) is 0 Å². The number of aliphatic carboxylic acids is 1. The van der Waals surface area contributed by atoms with Crippen molar-refractivity contribution in [2.45, 2.75) is 31.7 Å². The van der Waals surface area contributed by atoms with Gasteiger partial charge >= 0.3 is 5.97 Å². The van der Waals surface area contributed by atoms with Gasteiger partial charge in [0.05, 0.1) is 7.11 Å². The van der Waals surface area contributed by atoms with Crippen LogP contribution >= 0.6 is 0 Å². The summed E-state index contributed by atoms with van der Waals surface area (Å²) in [6.45, 7) is 1.92. The maximum Gasteiger partial charge on any atom is 0.326 e. The fourth-order valence-corrected chi connectivity index (χ4v) is 2.76. The molecule has 1 unspecified atom stereocenters. The Morgan fingerprint density at radius 2 is 1.72 bits per heavy atom. The van der Waals surface area contributed by atoms with Gasteiger partial charge < -0.3 is 15.2 Å². The fraction of sp³-hybridized carbons (Fsp3) is 0.300. The van der Waals surface area contributed by atoms with Gasteiger partial charge in [-0.3, -0.25) is 4.79 Å². The Labute approximate surface area is 147 Å². The van der Waals surface area contributed by atoms with Gasteiger partial charge in [-0.15, -0.1) is 0 Å². The molecule has 0 fully saturated rings. The molecule has 2 rings (SSSR count). The zero-order valence-corrected chi connectivity index (χ0v) is 14.4. The van der Waals surface area contributed by atoms with E-state index >= 15 is 0 Å². The first-order valence-electron chi connectivity index (χ1n) is 8.20. The number of hydrogen-bond acceptors (Lipinski definition) is 3. The van der Waals surface area contributed by atoms with Crippen molar-refractivity contribution in [3.05, 3.63) is 65.7 Å². The number of hydrogen-bond donors (Lipinski definition) is 2. The monoisotopic (exact) mass is 341 g/mol. The Morgan fingerprint density at radius 3 is 2.36 bits per heavy atom. The summed E-state index contributed by atoms with van der Waals surface area (Å²) in [5.74, 6) is -0.687. The first-order chi connectivity index (χ1) is 12.0. The summed E-state index contributed by atoms with van der Waals surface area (Å²) in [5.41, 5.74) is 1.79. The number of ether oxygens (including phenoxy) is 1. The van der Waals surface area contributed by atoms with Crippen molar-refractivity contribution in [2.75, 3.05) is 7.11 Å². The molecule has 2 atom stereocenters. The highest BCUT2D eigenvalue weighted by molar-refractivity contribution is 5.84. The normalized spacial score (nSPS) is 12.9. The van der Waals surface area contributed by atoms with Crippen LogP contribution in [0, 0.1) is 0 Å². The highest BCUT2D eigenvalue weighted by Crippen LogP contribution is 2.28. The number of rotatable bonds is 8. The predicted molar refractivity (Wildman–Crippen MR) is 95.7 cm³/mol. The molecule has 0 aliphatic carbocycles. The minimum Gasteiger partial charge on any atom is -0.496 e. The molecule has 2 aromatic rings. The van der Waals surface area contributed by atoms with Gasteiger partial charge in [0.2, 0.25) is 5.91 Å². The molecule has 1 amide bonds. The maximum absolute atomic E-state index is 12.3. The topological polar surface area (TPSA) is 75.6 Å². The van der Waals surface area contributed by atoms with E-state index in [4.69, 9.17) is 4.74 Å². The second-order valence-corrected chi connectivity index (χ2v) is 6.00. The summed E-state index contributed by atoms with van der Waals surface area (Å²) in [4.78, 5) is 23.8. The molecule has 0 aliphatic rings. The van der Waals surface area contributed by atoms with Gasteiger partial charge in [0.1, 0.15) is 11.8 Å². The minimum atomic E-state index is -1.04. The molecule has 0 spiro atoms. The second-order valence-electron chi connectivity index (χ2n) is 6.00. The molecule has 132 valence electrons. The van der Waals surface area contributed by atoms with Crippen molar-refractivity contribution in [1.82, 2.24) is 5.32 Å². The minimum absolute atomic E-state index is 0.0812. The lowest BCUT2D eigenvalue weighted by Gasteiger charge is -2.18. The van der Waals surface area contributed by atoms with E-state index in [9.17, 15) is 14.7 Å². The van der Waals surface area contributed by atoms with Gasteiger partial charge in [0.15, 0.2) is 0 Å². The fourth-order valence-electron chi connectivity index (χ4n) is 2.76. The molecule has 0 aliphatic heterocycles. The average Bonchev–Trinajstić information content (AvgIpc) is 2.61. The van der Waals surface area contributed by atoms with E-state index in [1.807, 2.05) is 61.5 Å². The van der Waals surface area contributed by atoms with Crippen LogP contribution in [0.1, 0.15) is 30.4 Å². The van der Waals surface area contributed by atoms with E-state index in [2.05, 4.69) is 5.32 Å². The number of benzene rings is 2. The molecule has 2 N–H and O–H groups in total. The summed E-state index contributed by atoms with van der Waals surface area (Å²) in [5, 5.41) is 12.0. The van der Waals surface area contributed by atoms with Gasteiger partial charge in [0.25, 0.3) is 0 Å². The first kappa shape index (κ1) is 18.5. The Hall–Kier alpha value is -2.82. The van der Waals surface area contributed by atoms with Crippen LogP contribution in [0.4, 0.5) is 0 Å². The Balaban J connectivity index is 2.00. The SMILES string of the molecule is COc1ccccc1C(C)CC(=O)N[C@@H](Cc1ccccc1)C(=O)O. The number of para-hydroxylation sites is 1. The van der Waals surface area contributed by atoms with Crippen LogP contribution < -0.4 is 10.1 Å². The molecule has 0 saturated carbocycles. The zero-order valence-electron chi connectivity index (χ0n) is 14.4. The van der Waals surface area contributed by atoms with Crippen LogP contribution in [0.15, 0.2) is 54.6 Å². The standard InChI is InChI=1S/C20H23NO4/c1-14(16-10-6-7-11-18(16)25-2)12-19(22)21-17(20(23)24)13-15-8-4-3-5-9-15/h3-11,14,17H,12-13H2,1-2H3,(H,21,22)(H,23,24)/t14?,17-/m0/s1. The predicted octanol–water partition coefficient (Wildman–Crippen LogP) is 3.00. The molecule has 5 heteroatoms. The molecule has 2 aromatic carbocycles. The van der Waals surface area contributed by atoms with Gasteiger partial charge in [-0.05, 0) is 23.1 Å². The molecule has 0 saturated heterocycles. The van der Waals surface area contributed by atoms with Gasteiger partial charge in [-0.1, -0.05) is 55.5 Å². The Bertz CT molecular complexity index is 715. The quantitative estimate of drug-likeness (QED) is 0.774. The lowest BCUT2D eigenvalue weighted by Crippen LogP contribution is -2.42. The van der Waals surface area contributed by atoms with E-state index in [0.29, 0.717) is 0 Å². The Kier molecular flexibility index (Phi) is 6.57. The number of carbonyl (C=O) groups excluding carboxylic acids is 1. The third kappa shape index (κ3) is 5.35. The molecule has 5 nitrogen and oxygen atoms in total. The van der Waals surface area contributed by atoms with Gasteiger partial charge in [-0.2, -0.15) is 0 Å². The van der Waals surface area contributed by atoms with E-state index < -0.39 is 12.0 Å². The van der Waals surface area contributed by atoms with Crippen molar-refractivity contribution in [3.8, 4) is 5.75 Å². The van der Waals surface area contributed by atoms with Crippen LogP contribution in [0.5, 0.6) is 5.75 Å². The van der Waals surface area contributed by atoms with Crippen LogP contribution in [0.3, 0.4) is 0 Å². The molecule has 25 heavy (non-hydrogen) atoms. The summed E-state index contributed by atoms with van der Waals surface area (Å²) in [6.07, 6.45) is 0.448. The molecular weight excluding hydrogens is 318 g/mol. The zero-order chi connectivity index (χ0) is 18.2. The van der Waals surface area contributed by atoms with Crippen molar-refractivity contribution in [3.63, 3.8) is 0 Å². The summed E-state index contributed by atoms with van der Waals surface area (Å²) < 4.78 is 5.32. The highest BCUT2D eigenvalue weighted by atomic mass is 16.5. The van der Waals surface area contributed by atoms with Crippen molar-refractivity contribution < 1.29 is 19.4 Å². The van der Waals surface area contributed by atoms with E-state index in [0.717, 1.165) is 16.9 Å². The number of carboxylic acid groups (broad SMARTS) is 1. The van der Waals surface area contributed by atoms with Crippen LogP contribution in [-0.4, -0.2) is 30.1 Å². The lowest BCUT2D eigenvalue weighted by atomic mass is 9.96. The number of amides is 1. The third-order valence-electron chi connectivity index (χ3n) is 4.08. The van der Waals surface area contributed by atoms with E-state index in [-0.39, 0.29) is 24.7 Å². The van der Waals surface area contributed by atoms with Crippen LogP contribution in [-0.2, 0) is 16.0 Å². The summed E-state index contributed by atoms with van der Waals surface area (Å²) >= 11 is 0. The third-order valence-corrected chi connectivity index (χ3v) is 4.08. The molecule has 0 aromatic heterocycles. The molecule has 0 bridgehead atoms. The largest absolute Gasteiger partial charge is 0.496 e. The lowest BCUT2D eigenvalue weighted by molar-refractivity contribution is -0.141. The first-order valence-corrected chi connectivity index (χ1v) is 8.20. The van der Waals surface area contributed by atoms with Crippen LogP contribution in [0.25, 0.3) is 0 Å². The number of nitrogens with one attached hydrogen (secondary N) is 1. The van der Waals surface area contributed by atoms with Gasteiger partial charge in [0, 0.05) is 12.8 Å². The van der Waals surface area contributed by atoms with Crippen molar-refractivity contribution >= 4 is 11.9 Å². The molecule has 0 heterocycles. The number of carboxylic acids is 1. The van der Waals surface area contributed by atoms with Gasteiger partial charge in [-0.25, -0.2) is 4.79 Å². The average molecular weight is 341 g/mol. The van der Waals surface area contributed by atoms with E-state index in [1.54, 1.807) is 7.11 Å². The summed E-state index contributed by atoms with van der Waals surface area (Å²) in [6, 6.07) is 15.8. The van der Waals surface area contributed by atoms with Crippen molar-refractivity contribution in [2.24, 2.45) is 0 Å². The Morgan fingerprint density at radius 1 is 1.08 bits per heavy atom. The number of carbonyl (C=O) groups is 2. The smallest absolute Gasteiger partial charge is 0.326 e. The summed E-state index contributed by atoms with van der Waals surface area (Å²) in [7, 11) is 1.59. The maximum atomic E-state index is 12.3. The number of methoxy groups -OCH3 is 1. The highest BCUT2D eigenvalue weighted by Gasteiger charge is 2.22. The van der Waals surface area contributed by atoms with E-state index in [1.165, 1.54) is 0 Å². The molecule has 0 radical (unpaired) electrons.